The second kappa shape index (κ2) is 8.44. The molecule has 0 aliphatic carbocycles. The minimum Gasteiger partial charge on any atom is -0.463 e. The van der Waals surface area contributed by atoms with E-state index in [9.17, 15) is 14.0 Å². The second-order valence-electron chi connectivity index (χ2n) is 5.23. The van der Waals surface area contributed by atoms with Crippen molar-refractivity contribution in [1.29, 1.82) is 0 Å². The van der Waals surface area contributed by atoms with Gasteiger partial charge in [0.05, 0.1) is 18.2 Å². The summed E-state index contributed by atoms with van der Waals surface area (Å²) in [5.74, 6) is -0.929. The first-order valence-corrected chi connectivity index (χ1v) is 7.86. The predicted molar refractivity (Wildman–Crippen MR) is 85.3 cm³/mol. The number of ether oxygens (including phenoxy) is 2. The molecule has 0 spiro atoms. The second-order valence-corrected chi connectivity index (χ2v) is 5.23. The van der Waals surface area contributed by atoms with Gasteiger partial charge < -0.3 is 14.8 Å². The van der Waals surface area contributed by atoms with Crippen molar-refractivity contribution in [3.63, 3.8) is 0 Å². The molecule has 2 rings (SSSR count). The van der Waals surface area contributed by atoms with E-state index in [2.05, 4.69) is 5.32 Å². The standard InChI is InChI=1S/C17H21FN2O4/c1-3-9-23-11-20-15(12-5-7-13(18)8-6-12)14(10-19-17(20)22)16(21)24-4-2/h5-8,10,15H,3-4,9,11H2,1-2H3,(H,19,22). The fourth-order valence-electron chi connectivity index (χ4n) is 2.42. The number of nitrogens with zero attached hydrogens (tertiary/aromatic N) is 1. The maximum absolute atomic E-state index is 13.2. The van der Waals surface area contributed by atoms with Gasteiger partial charge in [-0.05, 0) is 31.0 Å². The van der Waals surface area contributed by atoms with E-state index in [-0.39, 0.29) is 18.9 Å². The lowest BCUT2D eigenvalue weighted by Crippen LogP contribution is -2.47. The highest BCUT2D eigenvalue weighted by atomic mass is 19.1. The Balaban J connectivity index is 2.36. The molecule has 130 valence electrons. The molecular formula is C17H21FN2O4. The summed E-state index contributed by atoms with van der Waals surface area (Å²) in [4.78, 5) is 25.9. The van der Waals surface area contributed by atoms with Crippen LogP contribution in [0.4, 0.5) is 9.18 Å². The van der Waals surface area contributed by atoms with Crippen LogP contribution in [0.5, 0.6) is 0 Å². The average molecular weight is 336 g/mol. The van der Waals surface area contributed by atoms with E-state index in [1.54, 1.807) is 19.1 Å². The first-order chi connectivity index (χ1) is 11.6. The minimum atomic E-state index is -0.699. The van der Waals surface area contributed by atoms with E-state index in [1.165, 1.54) is 23.2 Å². The summed E-state index contributed by atoms with van der Waals surface area (Å²) in [6, 6.07) is 4.56. The highest BCUT2D eigenvalue weighted by Crippen LogP contribution is 2.31. The molecule has 1 atom stereocenters. The summed E-state index contributed by atoms with van der Waals surface area (Å²) in [6.45, 7) is 4.37. The first-order valence-electron chi connectivity index (χ1n) is 7.86. The number of esters is 1. The molecule has 0 bridgehead atoms. The van der Waals surface area contributed by atoms with Gasteiger partial charge in [-0.1, -0.05) is 19.1 Å². The summed E-state index contributed by atoms with van der Waals surface area (Å²) < 4.78 is 23.8. The minimum absolute atomic E-state index is 0.0124. The van der Waals surface area contributed by atoms with Crippen molar-refractivity contribution in [2.24, 2.45) is 0 Å². The lowest BCUT2D eigenvalue weighted by Gasteiger charge is -2.35. The number of carbonyl (C=O) groups excluding carboxylic acids is 2. The summed E-state index contributed by atoms with van der Waals surface area (Å²) in [5.41, 5.74) is 0.869. The van der Waals surface area contributed by atoms with Gasteiger partial charge in [0.15, 0.2) is 0 Å². The first kappa shape index (κ1) is 17.9. The van der Waals surface area contributed by atoms with Gasteiger partial charge in [0.2, 0.25) is 0 Å². The number of urea groups is 1. The highest BCUT2D eigenvalue weighted by molar-refractivity contribution is 5.93. The van der Waals surface area contributed by atoms with Crippen LogP contribution in [0.2, 0.25) is 0 Å². The SMILES string of the molecule is CCCOCN1C(=O)NC=C(C(=O)OCC)C1c1ccc(F)cc1. The van der Waals surface area contributed by atoms with Gasteiger partial charge in [0, 0.05) is 12.8 Å². The number of carbonyl (C=O) groups is 2. The zero-order valence-corrected chi connectivity index (χ0v) is 13.8. The molecule has 1 aromatic carbocycles. The average Bonchev–Trinajstić information content (AvgIpc) is 2.57. The third kappa shape index (κ3) is 4.11. The lowest BCUT2D eigenvalue weighted by molar-refractivity contribution is -0.139. The van der Waals surface area contributed by atoms with E-state index in [0.717, 1.165) is 6.42 Å². The quantitative estimate of drug-likeness (QED) is 0.614. The number of amides is 2. The van der Waals surface area contributed by atoms with E-state index in [4.69, 9.17) is 9.47 Å². The molecule has 1 heterocycles. The molecule has 1 aliphatic heterocycles. The largest absolute Gasteiger partial charge is 0.463 e. The topological polar surface area (TPSA) is 67.9 Å². The number of nitrogens with one attached hydrogen (secondary N) is 1. The summed E-state index contributed by atoms with van der Waals surface area (Å²) in [7, 11) is 0. The zero-order chi connectivity index (χ0) is 17.5. The molecule has 24 heavy (non-hydrogen) atoms. The van der Waals surface area contributed by atoms with Gasteiger partial charge >= 0.3 is 12.0 Å². The Morgan fingerprint density at radius 2 is 2.00 bits per heavy atom. The van der Waals surface area contributed by atoms with Crippen molar-refractivity contribution < 1.29 is 23.5 Å². The monoisotopic (exact) mass is 336 g/mol. The fraction of sp³-hybridized carbons (Fsp3) is 0.412. The van der Waals surface area contributed by atoms with E-state index in [1.807, 2.05) is 6.92 Å². The van der Waals surface area contributed by atoms with Crippen molar-refractivity contribution in [1.82, 2.24) is 10.2 Å². The summed E-state index contributed by atoms with van der Waals surface area (Å²) in [6.07, 6.45) is 2.14. The summed E-state index contributed by atoms with van der Waals surface area (Å²) >= 11 is 0. The van der Waals surface area contributed by atoms with E-state index in [0.29, 0.717) is 12.2 Å². The molecule has 7 heteroatoms. The van der Waals surface area contributed by atoms with Crippen LogP contribution in [0.1, 0.15) is 31.9 Å². The molecule has 0 aromatic heterocycles. The molecule has 1 aromatic rings. The number of halogens is 1. The van der Waals surface area contributed by atoms with Gasteiger partial charge in [-0.15, -0.1) is 0 Å². The van der Waals surface area contributed by atoms with Crippen molar-refractivity contribution in [3.05, 3.63) is 47.4 Å². The molecule has 0 fully saturated rings. The lowest BCUT2D eigenvalue weighted by atomic mass is 9.96. The van der Waals surface area contributed by atoms with Crippen LogP contribution in [0.3, 0.4) is 0 Å². The van der Waals surface area contributed by atoms with Crippen LogP contribution in [0.15, 0.2) is 36.0 Å². The number of benzene rings is 1. The van der Waals surface area contributed by atoms with Crippen molar-refractivity contribution in [2.75, 3.05) is 19.9 Å². The Hall–Kier alpha value is -2.41. The van der Waals surface area contributed by atoms with E-state index >= 15 is 0 Å². The van der Waals surface area contributed by atoms with Gasteiger partial charge in [-0.3, -0.25) is 4.90 Å². The van der Waals surface area contributed by atoms with Crippen LogP contribution < -0.4 is 5.32 Å². The molecule has 0 radical (unpaired) electrons. The van der Waals surface area contributed by atoms with Gasteiger partial charge in [0.1, 0.15) is 12.5 Å². The van der Waals surface area contributed by atoms with Crippen molar-refractivity contribution in [3.8, 4) is 0 Å². The Labute approximate surface area is 140 Å². The maximum Gasteiger partial charge on any atom is 0.337 e. The normalized spacial score (nSPS) is 17.3. The van der Waals surface area contributed by atoms with E-state index < -0.39 is 23.9 Å². The molecule has 0 saturated carbocycles. The van der Waals surface area contributed by atoms with Crippen LogP contribution in [-0.4, -0.2) is 36.8 Å². The van der Waals surface area contributed by atoms with Crippen LogP contribution >= 0.6 is 0 Å². The van der Waals surface area contributed by atoms with Gasteiger partial charge in [0.25, 0.3) is 0 Å². The Morgan fingerprint density at radius 1 is 1.29 bits per heavy atom. The predicted octanol–water partition coefficient (Wildman–Crippen LogP) is 2.72. The third-order valence-corrected chi connectivity index (χ3v) is 3.49. The van der Waals surface area contributed by atoms with Crippen molar-refractivity contribution >= 4 is 12.0 Å². The smallest absolute Gasteiger partial charge is 0.337 e. The molecule has 2 amide bonds. The molecule has 0 saturated heterocycles. The Kier molecular flexibility index (Phi) is 6.31. The number of hydrogen-bond acceptors (Lipinski definition) is 4. The van der Waals surface area contributed by atoms with Crippen molar-refractivity contribution in [2.45, 2.75) is 26.3 Å². The molecule has 1 N–H and O–H groups in total. The number of hydrogen-bond donors (Lipinski definition) is 1. The molecular weight excluding hydrogens is 315 g/mol. The molecule has 1 unspecified atom stereocenters. The Bertz CT molecular complexity index is 616. The van der Waals surface area contributed by atoms with Crippen LogP contribution in [0.25, 0.3) is 0 Å². The zero-order valence-electron chi connectivity index (χ0n) is 13.8. The molecule has 1 aliphatic rings. The summed E-state index contributed by atoms with van der Waals surface area (Å²) in [5, 5.41) is 2.53. The molecule has 6 nitrogen and oxygen atoms in total. The third-order valence-electron chi connectivity index (χ3n) is 3.49. The highest BCUT2D eigenvalue weighted by Gasteiger charge is 2.36. The Morgan fingerprint density at radius 3 is 2.62 bits per heavy atom. The van der Waals surface area contributed by atoms with Gasteiger partial charge in [-0.25, -0.2) is 14.0 Å². The fourth-order valence-corrected chi connectivity index (χ4v) is 2.42. The maximum atomic E-state index is 13.2. The number of rotatable bonds is 7. The van der Waals surface area contributed by atoms with Crippen LogP contribution in [-0.2, 0) is 14.3 Å². The van der Waals surface area contributed by atoms with Gasteiger partial charge in [-0.2, -0.15) is 0 Å². The van der Waals surface area contributed by atoms with Crippen LogP contribution in [0, 0.1) is 5.82 Å².